The van der Waals surface area contributed by atoms with Crippen molar-refractivity contribution in [2.45, 2.75) is 6.92 Å². The third-order valence-electron chi connectivity index (χ3n) is 1.24. The minimum absolute atomic E-state index is 0.611. The second kappa shape index (κ2) is 4.01. The summed E-state index contributed by atoms with van der Waals surface area (Å²) in [6.07, 6.45) is 2.51. The van der Waals surface area contributed by atoms with Crippen molar-refractivity contribution in [3.8, 4) is 5.19 Å². The quantitative estimate of drug-likeness (QED) is 0.529. The lowest BCUT2D eigenvalue weighted by Crippen LogP contribution is -1.81. The number of ether oxygens (including phenoxy) is 1. The van der Waals surface area contributed by atoms with Gasteiger partial charge in [-0.3, -0.25) is 4.79 Å². The molecule has 0 bridgehead atoms. The van der Waals surface area contributed by atoms with E-state index in [1.54, 1.807) is 20.1 Å². The van der Waals surface area contributed by atoms with Crippen LogP contribution in [0.3, 0.4) is 0 Å². The first-order chi connectivity index (χ1) is 5.76. The minimum atomic E-state index is 0.611. The van der Waals surface area contributed by atoms with Crippen LogP contribution in [-0.2, 0) is 4.79 Å². The van der Waals surface area contributed by atoms with E-state index in [1.807, 2.05) is 5.38 Å². The van der Waals surface area contributed by atoms with Gasteiger partial charge < -0.3 is 4.74 Å². The molecule has 0 atom stereocenters. The van der Waals surface area contributed by atoms with Crippen LogP contribution in [-0.4, -0.2) is 18.4 Å². The molecule has 0 radical (unpaired) electrons. The third-order valence-corrected chi connectivity index (χ3v) is 2.06. The van der Waals surface area contributed by atoms with Crippen LogP contribution in [0.5, 0.6) is 5.19 Å². The van der Waals surface area contributed by atoms with Crippen LogP contribution in [0, 0.1) is 0 Å². The molecule has 1 aromatic heterocycles. The molecule has 0 N–H and O–H groups in total. The highest BCUT2D eigenvalue weighted by Gasteiger charge is 1.98. The van der Waals surface area contributed by atoms with Gasteiger partial charge in [0.25, 0.3) is 5.19 Å². The largest absolute Gasteiger partial charge is 0.473 e. The van der Waals surface area contributed by atoms with Gasteiger partial charge in [-0.2, -0.15) is 0 Å². The van der Waals surface area contributed by atoms with Crippen molar-refractivity contribution in [1.29, 1.82) is 0 Å². The molecule has 0 aliphatic heterocycles. The molecule has 0 aromatic carbocycles. The lowest BCUT2D eigenvalue weighted by atomic mass is 10.3. The molecule has 0 unspecified atom stereocenters. The Bertz CT molecular complexity index is 304. The Kier molecular flexibility index (Phi) is 2.99. The van der Waals surface area contributed by atoms with Crippen LogP contribution in [0.4, 0.5) is 0 Å². The average molecular weight is 183 g/mol. The van der Waals surface area contributed by atoms with Gasteiger partial charge in [0.05, 0.1) is 12.8 Å². The second-order valence-corrected chi connectivity index (χ2v) is 3.07. The summed E-state index contributed by atoms with van der Waals surface area (Å²) in [6.45, 7) is 1.73. The maximum Gasteiger partial charge on any atom is 0.273 e. The highest BCUT2D eigenvalue weighted by atomic mass is 32.1. The number of carbonyl (C=O) groups excluding carboxylic acids is 1. The molecule has 4 heteroatoms. The fourth-order valence-electron chi connectivity index (χ4n) is 0.696. The summed E-state index contributed by atoms with van der Waals surface area (Å²) in [5.41, 5.74) is 1.42. The van der Waals surface area contributed by atoms with Crippen molar-refractivity contribution in [1.82, 2.24) is 4.98 Å². The summed E-state index contributed by atoms with van der Waals surface area (Å²) in [6, 6.07) is 0. The molecule has 1 rings (SSSR count). The molecule has 64 valence electrons. The number of hydrogen-bond donors (Lipinski definition) is 0. The van der Waals surface area contributed by atoms with Gasteiger partial charge in [-0.25, -0.2) is 4.98 Å². The molecule has 0 aliphatic rings. The van der Waals surface area contributed by atoms with Gasteiger partial charge in [-0.15, -0.1) is 0 Å². The summed E-state index contributed by atoms with van der Waals surface area (Å²) in [4.78, 5) is 14.3. The van der Waals surface area contributed by atoms with E-state index in [1.165, 1.54) is 11.3 Å². The molecule has 12 heavy (non-hydrogen) atoms. The standard InChI is InChI=1S/C8H9NO2S/c1-6(4-10)3-7-5-12-8(9-7)11-2/h3-5H,1-2H3/b6-3-. The minimum Gasteiger partial charge on any atom is -0.473 e. The van der Waals surface area contributed by atoms with Crippen LogP contribution in [0.1, 0.15) is 12.6 Å². The molecule has 0 aliphatic carbocycles. The monoisotopic (exact) mass is 183 g/mol. The molecule has 1 aromatic rings. The lowest BCUT2D eigenvalue weighted by Gasteiger charge is -1.87. The maximum absolute atomic E-state index is 10.3. The van der Waals surface area contributed by atoms with Gasteiger partial charge in [0, 0.05) is 5.38 Å². The van der Waals surface area contributed by atoms with E-state index >= 15 is 0 Å². The zero-order valence-electron chi connectivity index (χ0n) is 6.90. The van der Waals surface area contributed by atoms with Crippen LogP contribution in [0.2, 0.25) is 0 Å². The summed E-state index contributed by atoms with van der Waals surface area (Å²) >= 11 is 1.41. The Labute approximate surface area is 74.7 Å². The number of aromatic nitrogens is 1. The topological polar surface area (TPSA) is 39.2 Å². The number of carbonyl (C=O) groups is 1. The zero-order valence-corrected chi connectivity index (χ0v) is 7.72. The van der Waals surface area contributed by atoms with Gasteiger partial charge in [0.2, 0.25) is 0 Å². The fourth-order valence-corrected chi connectivity index (χ4v) is 1.29. The zero-order chi connectivity index (χ0) is 8.97. The first kappa shape index (κ1) is 8.93. The number of aldehydes is 1. The first-order valence-electron chi connectivity index (χ1n) is 3.39. The predicted octanol–water partition coefficient (Wildman–Crippen LogP) is 1.75. The Morgan fingerprint density at radius 2 is 2.50 bits per heavy atom. The van der Waals surface area contributed by atoms with Crippen molar-refractivity contribution in [2.24, 2.45) is 0 Å². The SMILES string of the molecule is COc1nc(/C=C(/C)C=O)cs1. The fraction of sp³-hybridized carbons (Fsp3) is 0.250. The highest BCUT2D eigenvalue weighted by molar-refractivity contribution is 7.11. The van der Waals surface area contributed by atoms with E-state index in [4.69, 9.17) is 4.74 Å². The summed E-state index contributed by atoms with van der Waals surface area (Å²) < 4.78 is 4.90. The number of hydrogen-bond acceptors (Lipinski definition) is 4. The summed E-state index contributed by atoms with van der Waals surface area (Å²) in [7, 11) is 1.57. The van der Waals surface area contributed by atoms with E-state index in [-0.39, 0.29) is 0 Å². The normalized spacial score (nSPS) is 11.3. The summed E-state index contributed by atoms with van der Waals surface area (Å²) in [5.74, 6) is 0. The van der Waals surface area contributed by atoms with E-state index < -0.39 is 0 Å². The van der Waals surface area contributed by atoms with Gasteiger partial charge >= 0.3 is 0 Å². The molecule has 0 saturated carbocycles. The number of thiazole rings is 1. The van der Waals surface area contributed by atoms with Crippen molar-refractivity contribution in [3.63, 3.8) is 0 Å². The molecule has 0 saturated heterocycles. The maximum atomic E-state index is 10.3. The van der Waals surface area contributed by atoms with Gasteiger partial charge in [-0.1, -0.05) is 11.3 Å². The average Bonchev–Trinajstić information content (AvgIpc) is 2.52. The van der Waals surface area contributed by atoms with Crippen molar-refractivity contribution in [3.05, 3.63) is 16.6 Å². The molecule has 0 fully saturated rings. The van der Waals surface area contributed by atoms with Crippen LogP contribution in [0.15, 0.2) is 11.0 Å². The lowest BCUT2D eigenvalue weighted by molar-refractivity contribution is -0.104. The Hall–Kier alpha value is -1.16. The molecular formula is C8H9NO2S. The van der Waals surface area contributed by atoms with Crippen molar-refractivity contribution < 1.29 is 9.53 Å². The number of rotatable bonds is 3. The third kappa shape index (κ3) is 2.17. The smallest absolute Gasteiger partial charge is 0.273 e. The number of nitrogens with zero attached hydrogens (tertiary/aromatic N) is 1. The van der Waals surface area contributed by atoms with E-state index in [0.29, 0.717) is 10.8 Å². The summed E-state index contributed by atoms with van der Waals surface area (Å²) in [5, 5.41) is 2.45. The van der Waals surface area contributed by atoms with Crippen LogP contribution >= 0.6 is 11.3 Å². The molecular weight excluding hydrogens is 174 g/mol. The first-order valence-corrected chi connectivity index (χ1v) is 4.27. The predicted molar refractivity (Wildman–Crippen MR) is 48.4 cm³/mol. The molecule has 0 amide bonds. The molecule has 3 nitrogen and oxygen atoms in total. The van der Waals surface area contributed by atoms with Gasteiger partial charge in [-0.05, 0) is 18.6 Å². The van der Waals surface area contributed by atoms with E-state index in [2.05, 4.69) is 4.98 Å². The number of methoxy groups -OCH3 is 1. The van der Waals surface area contributed by atoms with Crippen molar-refractivity contribution in [2.75, 3.05) is 7.11 Å². The highest BCUT2D eigenvalue weighted by Crippen LogP contribution is 2.18. The Balaban J connectivity index is 2.82. The Morgan fingerprint density at radius 1 is 1.75 bits per heavy atom. The second-order valence-electron chi connectivity index (χ2n) is 2.25. The van der Waals surface area contributed by atoms with E-state index in [9.17, 15) is 4.79 Å². The van der Waals surface area contributed by atoms with Gasteiger partial charge in [0.1, 0.15) is 6.29 Å². The van der Waals surface area contributed by atoms with Gasteiger partial charge in [0.15, 0.2) is 0 Å². The number of allylic oxidation sites excluding steroid dienone is 1. The van der Waals surface area contributed by atoms with Crippen molar-refractivity contribution >= 4 is 23.7 Å². The van der Waals surface area contributed by atoms with Crippen LogP contribution < -0.4 is 4.74 Å². The van der Waals surface area contributed by atoms with E-state index in [0.717, 1.165) is 12.0 Å². The van der Waals surface area contributed by atoms with Crippen LogP contribution in [0.25, 0.3) is 6.08 Å². The molecule has 0 spiro atoms. The Morgan fingerprint density at radius 3 is 3.00 bits per heavy atom. The molecule has 1 heterocycles.